The first-order chi connectivity index (χ1) is 23.1. The van der Waals surface area contributed by atoms with Gasteiger partial charge in [0.05, 0.1) is 0 Å². The third kappa shape index (κ3) is 4.96. The Balaban J connectivity index is 1.32. The SMILES string of the molecule is CC(C)(C)c1ccc(N2c3ccc(C(C)(C)C)cc3B3c4cc(C(C)(C)C)ccc4Oc4cc(C56CC7CC(CC(C7)C5)C6)cc2c43)cc1. The molecule has 4 fully saturated rings. The van der Waals surface area contributed by atoms with E-state index < -0.39 is 0 Å². The van der Waals surface area contributed by atoms with Gasteiger partial charge in [-0.25, -0.2) is 0 Å². The number of benzene rings is 4. The monoisotopic (exact) mass is 647 g/mol. The lowest BCUT2D eigenvalue weighted by Gasteiger charge is -2.57. The van der Waals surface area contributed by atoms with Crippen molar-refractivity contribution in [1.29, 1.82) is 0 Å². The van der Waals surface area contributed by atoms with Crippen LogP contribution in [-0.4, -0.2) is 6.71 Å². The van der Waals surface area contributed by atoms with Gasteiger partial charge in [-0.05, 0) is 153 Å². The molecule has 4 aliphatic carbocycles. The Bertz CT molecular complexity index is 1950. The van der Waals surface area contributed by atoms with Crippen molar-refractivity contribution in [3.8, 4) is 11.5 Å². The Hall–Kier alpha value is -3.46. The van der Waals surface area contributed by atoms with Gasteiger partial charge in [-0.3, -0.25) is 0 Å². The highest BCUT2D eigenvalue weighted by molar-refractivity contribution is 6.99. The van der Waals surface area contributed by atoms with Crippen LogP contribution < -0.4 is 26.0 Å². The van der Waals surface area contributed by atoms with Crippen LogP contribution in [0.25, 0.3) is 0 Å². The molecule has 4 aromatic carbocycles. The molecular weight excluding hydrogens is 593 g/mol. The van der Waals surface area contributed by atoms with Crippen LogP contribution in [0, 0.1) is 17.8 Å². The molecule has 0 atom stereocenters. The molecule has 4 bridgehead atoms. The smallest absolute Gasteiger partial charge is 0.256 e. The van der Waals surface area contributed by atoms with Gasteiger partial charge in [0.1, 0.15) is 11.5 Å². The second-order valence-corrected chi connectivity index (χ2v) is 19.8. The van der Waals surface area contributed by atoms with Crippen LogP contribution in [0.3, 0.4) is 0 Å². The normalized spacial score (nSPS) is 25.1. The molecule has 10 rings (SSSR count). The molecule has 2 nitrogen and oxygen atoms in total. The van der Waals surface area contributed by atoms with Crippen molar-refractivity contribution in [1.82, 2.24) is 0 Å². The van der Waals surface area contributed by atoms with Crippen LogP contribution in [0.4, 0.5) is 17.1 Å². The third-order valence-corrected chi connectivity index (χ3v) is 13.1. The van der Waals surface area contributed by atoms with Crippen molar-refractivity contribution in [2.45, 2.75) is 122 Å². The average molecular weight is 648 g/mol. The minimum atomic E-state index is 0.0426. The van der Waals surface area contributed by atoms with Gasteiger partial charge < -0.3 is 9.64 Å². The van der Waals surface area contributed by atoms with E-state index in [0.717, 1.165) is 29.3 Å². The zero-order chi connectivity index (χ0) is 34.2. The first kappa shape index (κ1) is 31.5. The number of hydrogen-bond acceptors (Lipinski definition) is 2. The summed E-state index contributed by atoms with van der Waals surface area (Å²) in [6.07, 6.45) is 8.40. The molecular formula is C46H54BNO. The lowest BCUT2D eigenvalue weighted by atomic mass is 9.33. The van der Waals surface area contributed by atoms with Crippen LogP contribution in [0.5, 0.6) is 11.5 Å². The van der Waals surface area contributed by atoms with Crippen LogP contribution in [0.2, 0.25) is 0 Å². The topological polar surface area (TPSA) is 12.5 Å². The Morgan fingerprint density at radius 1 is 0.571 bits per heavy atom. The van der Waals surface area contributed by atoms with E-state index in [9.17, 15) is 0 Å². The van der Waals surface area contributed by atoms with Crippen molar-refractivity contribution in [2.75, 3.05) is 4.90 Å². The van der Waals surface area contributed by atoms with Crippen LogP contribution in [-0.2, 0) is 21.7 Å². The van der Waals surface area contributed by atoms with Gasteiger partial charge in [-0.2, -0.15) is 0 Å². The zero-order valence-electron chi connectivity index (χ0n) is 31.3. The Morgan fingerprint density at radius 2 is 1.10 bits per heavy atom. The molecule has 0 radical (unpaired) electrons. The first-order valence-electron chi connectivity index (χ1n) is 19.1. The van der Waals surface area contributed by atoms with Gasteiger partial charge in [0, 0.05) is 17.1 Å². The highest BCUT2D eigenvalue weighted by Crippen LogP contribution is 2.61. The van der Waals surface area contributed by atoms with E-state index in [0.29, 0.717) is 0 Å². The lowest BCUT2D eigenvalue weighted by molar-refractivity contribution is -0.00522. The highest BCUT2D eigenvalue weighted by atomic mass is 16.5. The van der Waals surface area contributed by atoms with Crippen molar-refractivity contribution < 1.29 is 4.74 Å². The Kier molecular flexibility index (Phi) is 6.63. The van der Waals surface area contributed by atoms with Gasteiger partial charge in [-0.15, -0.1) is 0 Å². The van der Waals surface area contributed by atoms with E-state index in [4.69, 9.17) is 4.74 Å². The fourth-order valence-corrected chi connectivity index (χ4v) is 10.8. The van der Waals surface area contributed by atoms with Gasteiger partial charge >= 0.3 is 0 Å². The molecule has 2 aliphatic heterocycles. The molecule has 49 heavy (non-hydrogen) atoms. The maximum Gasteiger partial charge on any atom is 0.256 e. The van der Waals surface area contributed by atoms with E-state index in [1.807, 2.05) is 0 Å². The summed E-state index contributed by atoms with van der Waals surface area (Å²) in [5, 5.41) is 0. The molecule has 3 heteroatoms. The van der Waals surface area contributed by atoms with E-state index in [-0.39, 0.29) is 28.4 Å². The minimum absolute atomic E-state index is 0.0426. The predicted octanol–water partition coefficient (Wildman–Crippen LogP) is 10.5. The number of nitrogens with zero attached hydrogens (tertiary/aromatic N) is 1. The number of rotatable bonds is 2. The molecule has 4 saturated carbocycles. The average Bonchev–Trinajstić information content (AvgIpc) is 3.02. The van der Waals surface area contributed by atoms with E-state index in [1.165, 1.54) is 94.2 Å². The molecule has 0 N–H and O–H groups in total. The molecule has 0 saturated heterocycles. The molecule has 0 amide bonds. The quantitative estimate of drug-likeness (QED) is 0.174. The first-order valence-corrected chi connectivity index (χ1v) is 19.1. The maximum absolute atomic E-state index is 7.13. The van der Waals surface area contributed by atoms with Crippen molar-refractivity contribution >= 4 is 40.2 Å². The van der Waals surface area contributed by atoms with Gasteiger partial charge in [0.15, 0.2) is 0 Å². The van der Waals surface area contributed by atoms with E-state index in [2.05, 4.69) is 140 Å². The summed E-state index contributed by atoms with van der Waals surface area (Å²) >= 11 is 0. The molecule has 2 heterocycles. The molecule has 0 spiro atoms. The third-order valence-electron chi connectivity index (χ3n) is 13.1. The summed E-state index contributed by atoms with van der Waals surface area (Å²) in [7, 11) is 0. The van der Waals surface area contributed by atoms with Crippen LogP contribution in [0.1, 0.15) is 123 Å². The second kappa shape index (κ2) is 10.3. The number of anilines is 3. The van der Waals surface area contributed by atoms with Gasteiger partial charge in [-0.1, -0.05) is 98.7 Å². The number of fused-ring (bicyclic) bond motifs is 4. The lowest BCUT2D eigenvalue weighted by Crippen LogP contribution is -2.60. The Labute approximate surface area is 295 Å². The van der Waals surface area contributed by atoms with Crippen LogP contribution in [0.15, 0.2) is 72.8 Å². The van der Waals surface area contributed by atoms with Crippen molar-refractivity contribution in [3.63, 3.8) is 0 Å². The molecule has 4 aromatic rings. The summed E-state index contributed by atoms with van der Waals surface area (Å²) in [6, 6.07) is 28.9. The van der Waals surface area contributed by atoms with Gasteiger partial charge in [0.25, 0.3) is 6.71 Å². The summed E-state index contributed by atoms with van der Waals surface area (Å²) in [4.78, 5) is 2.59. The molecule has 252 valence electrons. The molecule has 6 aliphatic rings. The maximum atomic E-state index is 7.13. The van der Waals surface area contributed by atoms with Crippen molar-refractivity contribution in [2.24, 2.45) is 17.8 Å². The fourth-order valence-electron chi connectivity index (χ4n) is 10.8. The Morgan fingerprint density at radius 3 is 1.67 bits per heavy atom. The summed E-state index contributed by atoms with van der Waals surface area (Å²) < 4.78 is 7.13. The van der Waals surface area contributed by atoms with E-state index >= 15 is 0 Å². The number of hydrogen-bond donors (Lipinski definition) is 0. The summed E-state index contributed by atoms with van der Waals surface area (Å²) in [6.45, 7) is 21.0. The predicted molar refractivity (Wildman–Crippen MR) is 208 cm³/mol. The van der Waals surface area contributed by atoms with Gasteiger partial charge in [0.2, 0.25) is 0 Å². The van der Waals surface area contributed by atoms with E-state index in [1.54, 1.807) is 0 Å². The summed E-state index contributed by atoms with van der Waals surface area (Å²) in [5.41, 5.74) is 14.0. The largest absolute Gasteiger partial charge is 0.458 e. The fraction of sp³-hybridized carbons (Fsp3) is 0.478. The van der Waals surface area contributed by atoms with Crippen molar-refractivity contribution in [3.05, 3.63) is 95.1 Å². The molecule has 0 unspecified atom stereocenters. The summed E-state index contributed by atoms with van der Waals surface area (Å²) in [5.74, 6) is 4.77. The second-order valence-electron chi connectivity index (χ2n) is 19.8. The number of ether oxygens (including phenoxy) is 1. The standard InChI is InChI=1S/C46H54BNO/c1-43(2,3)31-10-14-35(15-11-31)48-38-16-12-32(44(4,5)6)21-36(38)47-37-22-33(45(7,8)9)13-17-40(37)49-41-24-34(23-39(48)42(41)47)46-25-28-18-29(26-46)20-30(19-28)27-46/h10-17,21-24,28-30H,18-20,25-27H2,1-9H3. The molecule has 0 aromatic heterocycles. The van der Waals surface area contributed by atoms with Crippen LogP contribution >= 0.6 is 0 Å². The minimum Gasteiger partial charge on any atom is -0.458 e. The highest BCUT2D eigenvalue weighted by Gasteiger charge is 2.53. The zero-order valence-corrected chi connectivity index (χ0v) is 31.3.